The third kappa shape index (κ3) is 4.69. The van der Waals surface area contributed by atoms with Crippen molar-refractivity contribution in [1.29, 1.82) is 0 Å². The zero-order valence-electron chi connectivity index (χ0n) is 20.3. The molecule has 5 nitrogen and oxygen atoms in total. The van der Waals surface area contributed by atoms with E-state index in [1.165, 1.54) is 24.7 Å². The SMILES string of the molecule is COC(=O)c1ccc2c(c1)OC[C@H]1CN(CC3=C(c4ccc(Cl)cc4)CCC(C)(C)C3)CCN21. The number of esters is 1. The second-order valence-electron chi connectivity index (χ2n) is 10.5. The van der Waals surface area contributed by atoms with E-state index in [0.717, 1.165) is 55.5 Å². The first-order valence-electron chi connectivity index (χ1n) is 12.1. The van der Waals surface area contributed by atoms with Crippen molar-refractivity contribution in [2.75, 3.05) is 44.8 Å². The number of allylic oxidation sites excluding steroid dienone is 1. The van der Waals surface area contributed by atoms with E-state index in [-0.39, 0.29) is 5.97 Å². The first-order valence-corrected chi connectivity index (χ1v) is 12.5. The van der Waals surface area contributed by atoms with Crippen molar-refractivity contribution in [3.05, 3.63) is 64.2 Å². The van der Waals surface area contributed by atoms with Gasteiger partial charge in [-0.25, -0.2) is 4.79 Å². The van der Waals surface area contributed by atoms with Crippen LogP contribution in [0.3, 0.4) is 0 Å². The Kier molecular flexibility index (Phi) is 6.34. The van der Waals surface area contributed by atoms with Crippen LogP contribution in [-0.4, -0.2) is 56.8 Å². The van der Waals surface area contributed by atoms with Crippen LogP contribution in [0.4, 0.5) is 5.69 Å². The highest BCUT2D eigenvalue weighted by Crippen LogP contribution is 2.43. The number of benzene rings is 2. The number of piperazine rings is 1. The molecule has 180 valence electrons. The Morgan fingerprint density at radius 3 is 2.74 bits per heavy atom. The summed E-state index contributed by atoms with van der Waals surface area (Å²) >= 11 is 6.16. The highest BCUT2D eigenvalue weighted by molar-refractivity contribution is 6.30. The molecule has 3 aliphatic rings. The van der Waals surface area contributed by atoms with Crippen LogP contribution in [0.15, 0.2) is 48.0 Å². The van der Waals surface area contributed by atoms with Gasteiger partial charge in [0.1, 0.15) is 12.4 Å². The third-order valence-electron chi connectivity index (χ3n) is 7.47. The zero-order valence-corrected chi connectivity index (χ0v) is 21.0. The van der Waals surface area contributed by atoms with Crippen LogP contribution in [0.25, 0.3) is 5.57 Å². The van der Waals surface area contributed by atoms with Gasteiger partial charge >= 0.3 is 5.97 Å². The van der Waals surface area contributed by atoms with Gasteiger partial charge in [0.2, 0.25) is 0 Å². The summed E-state index contributed by atoms with van der Waals surface area (Å²) in [4.78, 5) is 16.9. The van der Waals surface area contributed by atoms with Crippen LogP contribution in [0.1, 0.15) is 49.0 Å². The van der Waals surface area contributed by atoms with E-state index in [0.29, 0.717) is 23.6 Å². The maximum absolute atomic E-state index is 11.9. The Morgan fingerprint density at radius 1 is 1.18 bits per heavy atom. The van der Waals surface area contributed by atoms with Gasteiger partial charge < -0.3 is 14.4 Å². The predicted molar refractivity (Wildman–Crippen MR) is 137 cm³/mol. The van der Waals surface area contributed by atoms with Crippen molar-refractivity contribution in [2.45, 2.75) is 39.2 Å². The van der Waals surface area contributed by atoms with E-state index in [1.54, 1.807) is 11.6 Å². The van der Waals surface area contributed by atoms with Crippen LogP contribution in [0, 0.1) is 5.41 Å². The van der Waals surface area contributed by atoms with Crippen molar-refractivity contribution in [1.82, 2.24) is 4.90 Å². The van der Waals surface area contributed by atoms with Crippen LogP contribution in [0.5, 0.6) is 5.75 Å². The van der Waals surface area contributed by atoms with Gasteiger partial charge in [0, 0.05) is 31.2 Å². The summed E-state index contributed by atoms with van der Waals surface area (Å²) in [6.07, 6.45) is 3.46. The molecule has 0 spiro atoms. The van der Waals surface area contributed by atoms with Gasteiger partial charge in [-0.2, -0.15) is 0 Å². The Morgan fingerprint density at radius 2 is 1.97 bits per heavy atom. The van der Waals surface area contributed by atoms with Crippen molar-refractivity contribution < 1.29 is 14.3 Å². The number of carbonyl (C=O) groups is 1. The third-order valence-corrected chi connectivity index (χ3v) is 7.72. The highest BCUT2D eigenvalue weighted by Gasteiger charge is 2.35. The van der Waals surface area contributed by atoms with Crippen LogP contribution in [0.2, 0.25) is 5.02 Å². The molecule has 2 aromatic rings. The Bertz CT molecular complexity index is 1110. The molecule has 2 heterocycles. The Hall–Kier alpha value is -2.50. The quantitative estimate of drug-likeness (QED) is 0.527. The number of carbonyl (C=O) groups excluding carboxylic acids is 1. The summed E-state index contributed by atoms with van der Waals surface area (Å²) in [5.41, 5.74) is 6.30. The van der Waals surface area contributed by atoms with Gasteiger partial charge in [-0.15, -0.1) is 0 Å². The number of fused-ring (bicyclic) bond motifs is 3. The molecule has 0 N–H and O–H groups in total. The van der Waals surface area contributed by atoms with E-state index >= 15 is 0 Å². The molecule has 34 heavy (non-hydrogen) atoms. The van der Waals surface area contributed by atoms with Gasteiger partial charge in [-0.05, 0) is 66.1 Å². The lowest BCUT2D eigenvalue weighted by Gasteiger charge is -2.46. The van der Waals surface area contributed by atoms with Gasteiger partial charge in [-0.1, -0.05) is 43.2 Å². The average Bonchev–Trinajstić information content (AvgIpc) is 2.83. The molecule has 0 radical (unpaired) electrons. The Balaban J connectivity index is 1.34. The molecule has 6 heteroatoms. The minimum absolute atomic E-state index is 0.307. The van der Waals surface area contributed by atoms with Gasteiger partial charge in [0.25, 0.3) is 0 Å². The minimum atomic E-state index is -0.335. The molecule has 0 aromatic heterocycles. The number of ether oxygens (including phenoxy) is 2. The monoisotopic (exact) mass is 480 g/mol. The molecule has 2 aromatic carbocycles. The number of halogens is 1. The van der Waals surface area contributed by atoms with E-state index in [1.807, 2.05) is 24.3 Å². The number of methoxy groups -OCH3 is 1. The maximum Gasteiger partial charge on any atom is 0.337 e. The minimum Gasteiger partial charge on any atom is -0.489 e. The lowest BCUT2D eigenvalue weighted by atomic mass is 9.72. The fourth-order valence-corrected chi connectivity index (χ4v) is 5.78. The fourth-order valence-electron chi connectivity index (χ4n) is 5.65. The van der Waals surface area contributed by atoms with Crippen LogP contribution < -0.4 is 9.64 Å². The van der Waals surface area contributed by atoms with E-state index in [2.05, 4.69) is 35.8 Å². The van der Waals surface area contributed by atoms with E-state index < -0.39 is 0 Å². The normalized spacial score (nSPS) is 22.0. The van der Waals surface area contributed by atoms with Gasteiger partial charge in [0.05, 0.1) is 24.4 Å². The van der Waals surface area contributed by atoms with Gasteiger partial charge in [-0.3, -0.25) is 4.90 Å². The van der Waals surface area contributed by atoms with Gasteiger partial charge in [0.15, 0.2) is 0 Å². The molecule has 1 saturated heterocycles. The maximum atomic E-state index is 11.9. The summed E-state index contributed by atoms with van der Waals surface area (Å²) in [7, 11) is 1.40. The molecule has 1 fully saturated rings. The molecule has 0 saturated carbocycles. The number of rotatable bonds is 4. The lowest BCUT2D eigenvalue weighted by molar-refractivity contribution is 0.0600. The van der Waals surface area contributed by atoms with E-state index in [9.17, 15) is 4.79 Å². The highest BCUT2D eigenvalue weighted by atomic mass is 35.5. The fraction of sp³-hybridized carbons (Fsp3) is 0.464. The smallest absolute Gasteiger partial charge is 0.337 e. The summed E-state index contributed by atoms with van der Waals surface area (Å²) in [6.45, 7) is 9.33. The predicted octanol–water partition coefficient (Wildman–Crippen LogP) is 5.67. The zero-order chi connectivity index (χ0) is 23.9. The largest absolute Gasteiger partial charge is 0.489 e. The second-order valence-corrected chi connectivity index (χ2v) is 10.9. The summed E-state index contributed by atoms with van der Waals surface area (Å²) in [5.74, 6) is 0.438. The van der Waals surface area contributed by atoms with Crippen molar-refractivity contribution in [2.24, 2.45) is 5.41 Å². The topological polar surface area (TPSA) is 42.0 Å². The average molecular weight is 481 g/mol. The molecule has 0 amide bonds. The van der Waals surface area contributed by atoms with Crippen molar-refractivity contribution in [3.63, 3.8) is 0 Å². The van der Waals surface area contributed by atoms with Crippen LogP contribution >= 0.6 is 11.6 Å². The van der Waals surface area contributed by atoms with E-state index in [4.69, 9.17) is 21.1 Å². The summed E-state index contributed by atoms with van der Waals surface area (Å²) in [6, 6.07) is 14.3. The molecule has 0 bridgehead atoms. The Labute approximate surface area is 207 Å². The van der Waals surface area contributed by atoms with Crippen molar-refractivity contribution >= 4 is 28.8 Å². The van der Waals surface area contributed by atoms with Crippen LogP contribution in [-0.2, 0) is 4.74 Å². The van der Waals surface area contributed by atoms with Crippen molar-refractivity contribution in [3.8, 4) is 5.75 Å². The lowest BCUT2D eigenvalue weighted by Crippen LogP contribution is -2.57. The number of hydrogen-bond donors (Lipinski definition) is 0. The second kappa shape index (κ2) is 9.27. The molecular formula is C28H33ClN2O3. The number of nitrogens with zero attached hydrogens (tertiary/aromatic N) is 2. The molecule has 0 unspecified atom stereocenters. The standard InChI is InChI=1S/C28H33ClN2O3/c1-28(2)11-10-24(19-4-7-22(29)8-5-19)21(15-28)16-30-12-13-31-23(17-30)18-34-26-14-20(27(32)33-3)6-9-25(26)31/h4-9,14,23H,10-13,15-18H2,1-3H3/t23-/m1/s1. The molecule has 1 atom stereocenters. The first-order chi connectivity index (χ1) is 16.3. The summed E-state index contributed by atoms with van der Waals surface area (Å²) in [5, 5.41) is 0.787. The number of hydrogen-bond acceptors (Lipinski definition) is 5. The molecule has 5 rings (SSSR count). The molecule has 2 aliphatic heterocycles. The first kappa shape index (κ1) is 23.3. The summed E-state index contributed by atoms with van der Waals surface area (Å²) < 4.78 is 11.0. The number of anilines is 1. The molecule has 1 aliphatic carbocycles. The molecular weight excluding hydrogens is 448 g/mol.